The highest BCUT2D eigenvalue weighted by atomic mass is 35.5. The number of carbonyl (C=O) groups excluding carboxylic acids is 2. The normalized spacial score (nSPS) is 10.9. The van der Waals surface area contributed by atoms with Crippen molar-refractivity contribution < 1.29 is 9.59 Å². The Kier molecular flexibility index (Phi) is 6.76. The van der Waals surface area contributed by atoms with Gasteiger partial charge in [0.15, 0.2) is 5.16 Å². The molecule has 0 fully saturated rings. The lowest BCUT2D eigenvalue weighted by Crippen LogP contribution is -2.41. The van der Waals surface area contributed by atoms with Gasteiger partial charge in [0.1, 0.15) is 0 Å². The van der Waals surface area contributed by atoms with Crippen LogP contribution < -0.4 is 5.32 Å². The lowest BCUT2D eigenvalue weighted by Gasteiger charge is -2.19. The number of hydrogen-bond donors (Lipinski definition) is 2. The fourth-order valence-electron chi connectivity index (χ4n) is 2.45. The number of benzene rings is 1. The lowest BCUT2D eigenvalue weighted by molar-refractivity contribution is -0.133. The number of halogens is 1. The molecule has 0 atom stereocenters. The molecular formula is C18H19ClN4O2S2. The van der Waals surface area contributed by atoms with Crippen LogP contribution in [0.25, 0.3) is 11.0 Å². The second-order valence-electron chi connectivity index (χ2n) is 5.76. The van der Waals surface area contributed by atoms with Gasteiger partial charge in [-0.25, -0.2) is 4.98 Å². The van der Waals surface area contributed by atoms with Crippen molar-refractivity contribution in [2.45, 2.75) is 18.6 Å². The van der Waals surface area contributed by atoms with Crippen LogP contribution in [0.3, 0.4) is 0 Å². The second-order valence-corrected chi connectivity index (χ2v) is 8.19. The predicted octanol–water partition coefficient (Wildman–Crippen LogP) is 3.53. The maximum Gasteiger partial charge on any atom is 0.239 e. The molecule has 0 radical (unpaired) electrons. The van der Waals surface area contributed by atoms with E-state index >= 15 is 0 Å². The molecule has 2 heterocycles. The molecule has 1 aromatic carbocycles. The largest absolute Gasteiger partial charge is 0.350 e. The van der Waals surface area contributed by atoms with Crippen LogP contribution in [0.5, 0.6) is 0 Å². The summed E-state index contributed by atoms with van der Waals surface area (Å²) in [7, 11) is 0. The molecule has 0 spiro atoms. The van der Waals surface area contributed by atoms with Gasteiger partial charge in [-0.15, -0.1) is 11.3 Å². The molecule has 6 nitrogen and oxygen atoms in total. The Morgan fingerprint density at radius 3 is 2.96 bits per heavy atom. The first kappa shape index (κ1) is 19.7. The summed E-state index contributed by atoms with van der Waals surface area (Å²) in [5.74, 6) is -0.0613. The number of nitrogens with one attached hydrogen (secondary N) is 2. The third-order valence-electron chi connectivity index (χ3n) is 3.86. The molecule has 142 valence electrons. The molecule has 0 aliphatic rings. The van der Waals surface area contributed by atoms with Crippen LogP contribution in [-0.4, -0.2) is 45.5 Å². The summed E-state index contributed by atoms with van der Waals surface area (Å²) in [5.41, 5.74) is 1.63. The first-order valence-corrected chi connectivity index (χ1v) is 10.6. The van der Waals surface area contributed by atoms with Crippen LogP contribution in [-0.2, 0) is 16.1 Å². The van der Waals surface area contributed by atoms with E-state index in [-0.39, 0.29) is 24.1 Å². The Morgan fingerprint density at radius 1 is 1.37 bits per heavy atom. The fraction of sp³-hybridized carbons (Fsp3) is 0.278. The van der Waals surface area contributed by atoms with Gasteiger partial charge in [0, 0.05) is 16.4 Å². The number of carbonyl (C=O) groups is 2. The number of nitrogens with zero attached hydrogens (tertiary/aromatic N) is 2. The van der Waals surface area contributed by atoms with Crippen molar-refractivity contribution >= 4 is 57.5 Å². The molecule has 0 bridgehead atoms. The highest BCUT2D eigenvalue weighted by molar-refractivity contribution is 7.99. The smallest absolute Gasteiger partial charge is 0.239 e. The fourth-order valence-corrected chi connectivity index (χ4v) is 4.06. The van der Waals surface area contributed by atoms with Gasteiger partial charge < -0.3 is 15.2 Å². The maximum absolute atomic E-state index is 12.4. The monoisotopic (exact) mass is 422 g/mol. The molecule has 0 aliphatic carbocycles. The molecule has 2 aromatic heterocycles. The van der Waals surface area contributed by atoms with E-state index in [4.69, 9.17) is 11.6 Å². The van der Waals surface area contributed by atoms with Gasteiger partial charge in [-0.3, -0.25) is 9.59 Å². The standard InChI is InChI=1S/C18H19ClN4O2S2/c1-2-23(10-16(24)20-9-13-4-3-7-26-13)17(25)11-27-18-21-14-6-5-12(19)8-15(14)22-18/h3-8H,2,9-11H2,1H3,(H,20,24)(H,21,22). The number of thioether (sulfide) groups is 1. The van der Waals surface area contributed by atoms with Crippen LogP contribution in [0, 0.1) is 0 Å². The third kappa shape index (κ3) is 5.47. The van der Waals surface area contributed by atoms with Crippen molar-refractivity contribution in [3.63, 3.8) is 0 Å². The van der Waals surface area contributed by atoms with Crippen LogP contribution >= 0.6 is 34.7 Å². The SMILES string of the molecule is CCN(CC(=O)NCc1cccs1)C(=O)CSc1nc2ccc(Cl)cc2[nH]1. The number of amides is 2. The lowest BCUT2D eigenvalue weighted by atomic mass is 10.3. The van der Waals surface area contributed by atoms with Crippen molar-refractivity contribution in [3.05, 3.63) is 45.6 Å². The maximum atomic E-state index is 12.4. The Balaban J connectivity index is 1.50. The van der Waals surface area contributed by atoms with Crippen molar-refractivity contribution in [1.82, 2.24) is 20.2 Å². The second kappa shape index (κ2) is 9.25. The number of hydrogen-bond acceptors (Lipinski definition) is 5. The number of aromatic amines is 1. The first-order chi connectivity index (χ1) is 13.0. The van der Waals surface area contributed by atoms with Gasteiger partial charge in [-0.05, 0) is 36.6 Å². The molecule has 0 aliphatic heterocycles. The molecule has 3 aromatic rings. The van der Waals surface area contributed by atoms with E-state index in [9.17, 15) is 9.59 Å². The Hall–Kier alpha value is -2.03. The first-order valence-electron chi connectivity index (χ1n) is 8.40. The topological polar surface area (TPSA) is 78.1 Å². The van der Waals surface area contributed by atoms with E-state index in [0.29, 0.717) is 23.3 Å². The number of fused-ring (bicyclic) bond motifs is 1. The molecule has 0 saturated heterocycles. The van der Waals surface area contributed by atoms with Crippen LogP contribution in [0.2, 0.25) is 5.02 Å². The zero-order chi connectivity index (χ0) is 19.2. The van der Waals surface area contributed by atoms with Crippen molar-refractivity contribution in [3.8, 4) is 0 Å². The van der Waals surface area contributed by atoms with E-state index in [0.717, 1.165) is 15.9 Å². The van der Waals surface area contributed by atoms with Gasteiger partial charge in [-0.1, -0.05) is 29.4 Å². The summed E-state index contributed by atoms with van der Waals surface area (Å²) in [5, 5.41) is 6.09. The number of H-pyrrole nitrogens is 1. The van der Waals surface area contributed by atoms with Crippen molar-refractivity contribution in [1.29, 1.82) is 0 Å². The van der Waals surface area contributed by atoms with Crippen LogP contribution in [0.4, 0.5) is 0 Å². The summed E-state index contributed by atoms with van der Waals surface area (Å²) in [6, 6.07) is 9.31. The van der Waals surface area contributed by atoms with E-state index in [1.54, 1.807) is 23.5 Å². The zero-order valence-electron chi connectivity index (χ0n) is 14.7. The molecule has 3 rings (SSSR count). The molecule has 9 heteroatoms. The van der Waals surface area contributed by atoms with Gasteiger partial charge in [-0.2, -0.15) is 0 Å². The number of imidazole rings is 1. The van der Waals surface area contributed by atoms with Gasteiger partial charge >= 0.3 is 0 Å². The minimum absolute atomic E-state index is 0.0526. The summed E-state index contributed by atoms with van der Waals surface area (Å²) in [6.45, 7) is 2.87. The number of thiophene rings is 1. The Bertz CT molecular complexity index is 927. The average Bonchev–Trinajstić information content (AvgIpc) is 3.31. The minimum Gasteiger partial charge on any atom is -0.350 e. The van der Waals surface area contributed by atoms with Crippen molar-refractivity contribution in [2.24, 2.45) is 0 Å². The molecular weight excluding hydrogens is 404 g/mol. The van der Waals surface area contributed by atoms with Gasteiger partial charge in [0.2, 0.25) is 11.8 Å². The van der Waals surface area contributed by atoms with E-state index < -0.39 is 0 Å². The highest BCUT2D eigenvalue weighted by Gasteiger charge is 2.16. The van der Waals surface area contributed by atoms with Gasteiger partial charge in [0.05, 0.1) is 29.9 Å². The Morgan fingerprint density at radius 2 is 2.22 bits per heavy atom. The summed E-state index contributed by atoms with van der Waals surface area (Å²) < 4.78 is 0. The molecule has 27 heavy (non-hydrogen) atoms. The third-order valence-corrected chi connectivity index (χ3v) is 5.83. The van der Waals surface area contributed by atoms with Gasteiger partial charge in [0.25, 0.3) is 0 Å². The van der Waals surface area contributed by atoms with E-state index in [1.807, 2.05) is 30.5 Å². The predicted molar refractivity (Wildman–Crippen MR) is 110 cm³/mol. The summed E-state index contributed by atoms with van der Waals surface area (Å²) in [4.78, 5) is 34.7. The van der Waals surface area contributed by atoms with Crippen LogP contribution in [0.15, 0.2) is 40.9 Å². The van der Waals surface area contributed by atoms with Crippen molar-refractivity contribution in [2.75, 3.05) is 18.8 Å². The van der Waals surface area contributed by atoms with E-state index in [1.165, 1.54) is 16.7 Å². The minimum atomic E-state index is -0.165. The quantitative estimate of drug-likeness (QED) is 0.544. The summed E-state index contributed by atoms with van der Waals surface area (Å²) in [6.07, 6.45) is 0. The summed E-state index contributed by atoms with van der Waals surface area (Å²) >= 11 is 8.87. The number of likely N-dealkylation sites (N-methyl/N-ethyl adjacent to an activating group) is 1. The van der Waals surface area contributed by atoms with Crippen LogP contribution in [0.1, 0.15) is 11.8 Å². The number of aromatic nitrogens is 2. The Labute approximate surface area is 170 Å². The average molecular weight is 423 g/mol. The highest BCUT2D eigenvalue weighted by Crippen LogP contribution is 2.22. The molecule has 0 saturated carbocycles. The molecule has 0 unspecified atom stereocenters. The molecule has 2 amide bonds. The number of rotatable bonds is 8. The van der Waals surface area contributed by atoms with E-state index in [2.05, 4.69) is 15.3 Å². The zero-order valence-corrected chi connectivity index (χ0v) is 17.1. The molecule has 2 N–H and O–H groups in total.